The van der Waals surface area contributed by atoms with Crippen molar-refractivity contribution in [3.05, 3.63) is 71.2 Å². The van der Waals surface area contributed by atoms with E-state index in [2.05, 4.69) is 56.1 Å². The molecule has 3 aromatic heterocycles. The largest absolute Gasteiger partial charge is 0.397 e. The van der Waals surface area contributed by atoms with E-state index in [9.17, 15) is 0 Å². The quantitative estimate of drug-likeness (QED) is 0.488. The van der Waals surface area contributed by atoms with Gasteiger partial charge in [-0.2, -0.15) is 0 Å². The highest BCUT2D eigenvalue weighted by atomic mass is 15.2. The zero-order valence-electron chi connectivity index (χ0n) is 17.0. The maximum absolute atomic E-state index is 7.45. The summed E-state index contributed by atoms with van der Waals surface area (Å²) in [5, 5.41) is 15.9. The molecule has 1 saturated heterocycles. The highest BCUT2D eigenvalue weighted by molar-refractivity contribution is 5.88. The lowest BCUT2D eigenvalue weighted by molar-refractivity contribution is 0.172. The molecule has 5 rings (SSSR count). The molecule has 1 fully saturated rings. The Kier molecular flexibility index (Phi) is 4.59. The number of pyridine rings is 1. The SMILES string of the molecule is Cc1nnc2ccc3c(cc(/C(N)=C/C=N)n3Cc3cccc(CN4CCC4)c3)n12. The van der Waals surface area contributed by atoms with Gasteiger partial charge in [-0.1, -0.05) is 24.3 Å². The lowest BCUT2D eigenvalue weighted by Crippen LogP contribution is -2.36. The fourth-order valence-corrected chi connectivity index (χ4v) is 4.23. The number of nitrogens with one attached hydrogen (secondary N) is 1. The molecular formula is C23H25N7. The molecule has 152 valence electrons. The lowest BCUT2D eigenvalue weighted by Gasteiger charge is -2.30. The molecule has 0 unspecified atom stereocenters. The number of nitrogens with zero attached hydrogens (tertiary/aromatic N) is 5. The molecule has 1 aliphatic heterocycles. The number of likely N-dealkylation sites (tertiary alicyclic amines) is 1. The molecule has 1 aliphatic rings. The normalized spacial score (nSPS) is 15.0. The number of aromatic nitrogens is 4. The number of hydrogen-bond acceptors (Lipinski definition) is 5. The number of aryl methyl sites for hydroxylation is 1. The van der Waals surface area contributed by atoms with E-state index in [1.807, 2.05) is 17.4 Å². The van der Waals surface area contributed by atoms with Gasteiger partial charge in [0.05, 0.1) is 22.4 Å². The molecule has 0 bridgehead atoms. The molecule has 0 amide bonds. The van der Waals surface area contributed by atoms with Crippen molar-refractivity contribution < 1.29 is 0 Å². The van der Waals surface area contributed by atoms with Crippen molar-refractivity contribution in [1.82, 2.24) is 24.1 Å². The van der Waals surface area contributed by atoms with Crippen LogP contribution in [0.1, 0.15) is 29.1 Å². The lowest BCUT2D eigenvalue weighted by atomic mass is 10.1. The molecule has 4 heterocycles. The molecule has 0 saturated carbocycles. The van der Waals surface area contributed by atoms with Crippen molar-refractivity contribution in [3.8, 4) is 0 Å². The van der Waals surface area contributed by atoms with Gasteiger partial charge in [-0.15, -0.1) is 10.2 Å². The molecule has 7 heteroatoms. The van der Waals surface area contributed by atoms with E-state index in [0.29, 0.717) is 12.2 Å². The van der Waals surface area contributed by atoms with Crippen LogP contribution in [-0.2, 0) is 13.1 Å². The molecule has 4 aromatic rings. The minimum Gasteiger partial charge on any atom is -0.397 e. The third-order valence-electron chi connectivity index (χ3n) is 5.84. The predicted octanol–water partition coefficient (Wildman–Crippen LogP) is 3.20. The van der Waals surface area contributed by atoms with Gasteiger partial charge in [0.2, 0.25) is 0 Å². The zero-order chi connectivity index (χ0) is 20.7. The molecule has 0 spiro atoms. The van der Waals surface area contributed by atoms with Gasteiger partial charge in [0, 0.05) is 19.3 Å². The number of fused-ring (bicyclic) bond motifs is 3. The van der Waals surface area contributed by atoms with E-state index < -0.39 is 0 Å². The Morgan fingerprint density at radius 1 is 1.07 bits per heavy atom. The Morgan fingerprint density at radius 3 is 2.60 bits per heavy atom. The van der Waals surface area contributed by atoms with Crippen molar-refractivity contribution >= 4 is 28.6 Å². The first-order valence-corrected chi connectivity index (χ1v) is 10.2. The average molecular weight is 400 g/mol. The van der Waals surface area contributed by atoms with Gasteiger partial charge in [-0.25, -0.2) is 0 Å². The number of hydrogen-bond donors (Lipinski definition) is 2. The van der Waals surface area contributed by atoms with E-state index in [1.54, 1.807) is 6.08 Å². The monoisotopic (exact) mass is 399 g/mol. The van der Waals surface area contributed by atoms with E-state index in [1.165, 1.54) is 36.9 Å². The molecule has 0 atom stereocenters. The maximum atomic E-state index is 7.45. The summed E-state index contributed by atoms with van der Waals surface area (Å²) in [5.74, 6) is 0.838. The van der Waals surface area contributed by atoms with Crippen LogP contribution < -0.4 is 5.73 Å². The molecular weight excluding hydrogens is 374 g/mol. The van der Waals surface area contributed by atoms with Gasteiger partial charge in [0.25, 0.3) is 0 Å². The molecule has 0 aliphatic carbocycles. The third kappa shape index (κ3) is 3.17. The predicted molar refractivity (Wildman–Crippen MR) is 120 cm³/mol. The fraction of sp³-hybridized carbons (Fsp3) is 0.261. The Bertz CT molecular complexity index is 1270. The van der Waals surface area contributed by atoms with Crippen LogP contribution in [0, 0.1) is 12.3 Å². The standard InChI is InChI=1S/C23H25N7/c1-16-26-27-23-7-6-20-22(30(16)23)13-21(19(25)8-9-24)29(20)15-18-5-2-4-17(12-18)14-28-10-3-11-28/h2,4-9,12-13,24H,3,10-11,14-15,25H2,1H3/b19-8-,24-9?. The molecule has 30 heavy (non-hydrogen) atoms. The van der Waals surface area contributed by atoms with Crippen molar-refractivity contribution in [1.29, 1.82) is 5.41 Å². The number of benzene rings is 1. The van der Waals surface area contributed by atoms with Gasteiger partial charge in [-0.05, 0) is 61.8 Å². The summed E-state index contributed by atoms with van der Waals surface area (Å²) in [7, 11) is 0. The Balaban J connectivity index is 1.62. The smallest absolute Gasteiger partial charge is 0.161 e. The Hall–Kier alpha value is -3.45. The van der Waals surface area contributed by atoms with Crippen molar-refractivity contribution in [2.24, 2.45) is 5.73 Å². The van der Waals surface area contributed by atoms with Crippen LogP contribution in [0.4, 0.5) is 0 Å². The fourth-order valence-electron chi connectivity index (χ4n) is 4.23. The van der Waals surface area contributed by atoms with Crippen LogP contribution in [-0.4, -0.2) is 43.4 Å². The molecule has 0 radical (unpaired) electrons. The Labute approximate surface area is 174 Å². The van der Waals surface area contributed by atoms with E-state index >= 15 is 0 Å². The zero-order valence-corrected chi connectivity index (χ0v) is 17.0. The van der Waals surface area contributed by atoms with Crippen LogP contribution in [0.25, 0.3) is 22.4 Å². The highest BCUT2D eigenvalue weighted by Crippen LogP contribution is 2.26. The second-order valence-electron chi connectivity index (χ2n) is 7.90. The second-order valence-corrected chi connectivity index (χ2v) is 7.90. The summed E-state index contributed by atoms with van der Waals surface area (Å²) in [5.41, 5.74) is 13.3. The first-order valence-electron chi connectivity index (χ1n) is 10.2. The summed E-state index contributed by atoms with van der Waals surface area (Å²) in [4.78, 5) is 2.46. The van der Waals surface area contributed by atoms with Gasteiger partial charge >= 0.3 is 0 Å². The van der Waals surface area contributed by atoms with Gasteiger partial charge in [-0.3, -0.25) is 9.30 Å². The highest BCUT2D eigenvalue weighted by Gasteiger charge is 2.17. The van der Waals surface area contributed by atoms with Crippen molar-refractivity contribution in [2.75, 3.05) is 13.1 Å². The van der Waals surface area contributed by atoms with Crippen LogP contribution in [0.3, 0.4) is 0 Å². The second kappa shape index (κ2) is 7.42. The van der Waals surface area contributed by atoms with Crippen LogP contribution in [0.15, 0.2) is 48.5 Å². The number of nitrogens with two attached hydrogens (primary N) is 1. The van der Waals surface area contributed by atoms with Crippen molar-refractivity contribution in [2.45, 2.75) is 26.4 Å². The molecule has 7 nitrogen and oxygen atoms in total. The van der Waals surface area contributed by atoms with Gasteiger partial charge in [0.1, 0.15) is 5.82 Å². The summed E-state index contributed by atoms with van der Waals surface area (Å²) < 4.78 is 4.26. The van der Waals surface area contributed by atoms with Gasteiger partial charge < -0.3 is 15.7 Å². The van der Waals surface area contributed by atoms with Gasteiger partial charge in [0.15, 0.2) is 5.65 Å². The summed E-state index contributed by atoms with van der Waals surface area (Å²) in [6.45, 7) is 6.04. The summed E-state index contributed by atoms with van der Waals surface area (Å²) in [6, 6.07) is 14.9. The Morgan fingerprint density at radius 2 is 1.87 bits per heavy atom. The first-order chi connectivity index (χ1) is 14.6. The van der Waals surface area contributed by atoms with E-state index in [-0.39, 0.29) is 0 Å². The van der Waals surface area contributed by atoms with Crippen LogP contribution in [0.2, 0.25) is 0 Å². The summed E-state index contributed by atoms with van der Waals surface area (Å²) in [6.07, 6.45) is 4.15. The average Bonchev–Trinajstić information content (AvgIpc) is 3.26. The van der Waals surface area contributed by atoms with E-state index in [0.717, 1.165) is 34.7 Å². The molecule has 1 aromatic carbocycles. The molecule has 3 N–H and O–H groups in total. The third-order valence-corrected chi connectivity index (χ3v) is 5.84. The minimum atomic E-state index is 0.566. The van der Waals surface area contributed by atoms with Crippen LogP contribution >= 0.6 is 0 Å². The van der Waals surface area contributed by atoms with Crippen molar-refractivity contribution in [3.63, 3.8) is 0 Å². The number of rotatable bonds is 6. The first kappa shape index (κ1) is 18.6. The van der Waals surface area contributed by atoms with E-state index in [4.69, 9.17) is 11.1 Å². The summed E-state index contributed by atoms with van der Waals surface area (Å²) >= 11 is 0. The topological polar surface area (TPSA) is 88.2 Å². The number of allylic oxidation sites excluding steroid dienone is 1. The minimum absolute atomic E-state index is 0.566. The van der Waals surface area contributed by atoms with Crippen LogP contribution in [0.5, 0.6) is 0 Å². The maximum Gasteiger partial charge on any atom is 0.161 e.